The van der Waals surface area contributed by atoms with Crippen molar-refractivity contribution in [1.29, 1.82) is 0 Å². The number of rotatable bonds is 0. The summed E-state index contributed by atoms with van der Waals surface area (Å²) in [4.78, 5) is 0. The summed E-state index contributed by atoms with van der Waals surface area (Å²) in [6.45, 7) is 2.34. The van der Waals surface area contributed by atoms with E-state index in [0.29, 0.717) is 0 Å². The maximum absolute atomic E-state index is 4.20. The van der Waals surface area contributed by atoms with E-state index in [2.05, 4.69) is 55.0 Å². The Kier molecular flexibility index (Phi) is 11.4. The Balaban J connectivity index is 0.000000354. The molecule has 0 aromatic carbocycles. The molecule has 0 N–H and O–H groups in total. The van der Waals surface area contributed by atoms with E-state index in [9.17, 15) is 0 Å². The summed E-state index contributed by atoms with van der Waals surface area (Å²) in [7, 11) is 0. The van der Waals surface area contributed by atoms with Crippen LogP contribution in [-0.4, -0.2) is 39.2 Å². The van der Waals surface area contributed by atoms with E-state index >= 15 is 0 Å². The molecule has 1 saturated heterocycles. The van der Waals surface area contributed by atoms with Crippen molar-refractivity contribution in [1.82, 2.24) is 0 Å². The Hall–Kier alpha value is 2.15. The van der Waals surface area contributed by atoms with Gasteiger partial charge in [0.2, 0.25) is 0 Å². The summed E-state index contributed by atoms with van der Waals surface area (Å²) in [6, 6.07) is 0. The maximum atomic E-state index is 4.20. The second-order valence-corrected chi connectivity index (χ2v) is 15.3. The minimum atomic E-state index is -0.0250. The molecule has 0 aliphatic carbocycles. The van der Waals surface area contributed by atoms with Crippen molar-refractivity contribution in [2.45, 2.75) is 19.3 Å². The van der Waals surface area contributed by atoms with Gasteiger partial charge in [-0.2, -0.15) is 4.58 Å². The molecule has 0 amide bonds. The summed E-state index contributed by atoms with van der Waals surface area (Å²) in [5.41, 5.74) is 0. The monoisotopic (exact) mass is 442 g/mol. The average Bonchev–Trinajstić information content (AvgIpc) is 2.07. The summed E-state index contributed by atoms with van der Waals surface area (Å²) >= 11 is 14.0. The van der Waals surface area contributed by atoms with E-state index in [0.717, 1.165) is 4.38 Å². The van der Waals surface area contributed by atoms with Crippen molar-refractivity contribution in [2.24, 2.45) is 0 Å². The van der Waals surface area contributed by atoms with Gasteiger partial charge in [-0.25, -0.2) is 0 Å². The van der Waals surface area contributed by atoms with Gasteiger partial charge in [-0.1, -0.05) is 0 Å². The topological polar surface area (TPSA) is 3.01 Å². The molecule has 1 fully saturated rings. The van der Waals surface area contributed by atoms with Crippen molar-refractivity contribution in [3.63, 3.8) is 0 Å². The molecule has 0 unspecified atom stereocenters. The minimum absolute atomic E-state index is 0.0250. The Morgan fingerprint density at radius 1 is 1.25 bits per heavy atom. The fourth-order valence-electron chi connectivity index (χ4n) is 1.11. The second-order valence-electron chi connectivity index (χ2n) is 2.44. The van der Waals surface area contributed by atoms with Gasteiger partial charge >= 0.3 is 46.7 Å². The first kappa shape index (κ1) is 14.1. The number of hydrogen-bond donors (Lipinski definition) is 1. The van der Waals surface area contributed by atoms with Crippen LogP contribution in [0.25, 0.3) is 0 Å². The third-order valence-corrected chi connectivity index (χ3v) is 2.25. The molecule has 6 heteroatoms. The summed E-state index contributed by atoms with van der Waals surface area (Å²) in [6.07, 6.45) is 4.01. The molecule has 1 heterocycles. The van der Waals surface area contributed by atoms with Gasteiger partial charge in [0.05, 0.1) is 12.6 Å². The molecule has 0 atom stereocenters. The summed E-state index contributed by atoms with van der Waals surface area (Å²) in [5.74, 6) is 0. The molecule has 1 rings (SSSR count). The zero-order valence-electron chi connectivity index (χ0n) is 6.63. The molecule has 12 heavy (non-hydrogen) atoms. The molecule has 1 nitrogen and oxygen atoms in total. The molecule has 71 valence electrons. The molecule has 0 saturated carbocycles. The number of nitrogens with zero attached hydrogens (tertiary/aromatic N) is 1. The van der Waals surface area contributed by atoms with Crippen molar-refractivity contribution in [2.75, 3.05) is 13.1 Å². The van der Waals surface area contributed by atoms with Crippen LogP contribution in [0.4, 0.5) is 0 Å². The van der Waals surface area contributed by atoms with Crippen LogP contribution < -0.4 is 0 Å². The van der Waals surface area contributed by atoms with Crippen LogP contribution >= 0.6 is 37.8 Å². The first-order valence-corrected chi connectivity index (χ1v) is 16.1. The molecule has 0 aromatic heterocycles. The first-order chi connectivity index (χ1) is 5.72. The number of piperidine rings is 1. The van der Waals surface area contributed by atoms with Gasteiger partial charge in [-0.05, 0) is 19.0 Å². The SMILES string of the molecule is SC([SH2+])=[N+]1CCCCC1.[Br][Sb][Br]. The molecule has 1 aliphatic heterocycles. The van der Waals surface area contributed by atoms with Crippen LogP contribution in [0.15, 0.2) is 0 Å². The third-order valence-electron chi connectivity index (χ3n) is 1.66. The third kappa shape index (κ3) is 7.54. The molecule has 1 radical (unpaired) electrons. The molecule has 0 aromatic rings. The fourth-order valence-corrected chi connectivity index (χ4v) is 1.53. The van der Waals surface area contributed by atoms with Gasteiger partial charge < -0.3 is 0 Å². The Morgan fingerprint density at radius 3 is 1.92 bits per heavy atom. The van der Waals surface area contributed by atoms with Crippen LogP contribution in [0.1, 0.15) is 19.3 Å². The fraction of sp³-hybridized carbons (Fsp3) is 0.833. The van der Waals surface area contributed by atoms with Crippen molar-refractivity contribution < 1.29 is 4.58 Å². The molecule has 0 spiro atoms. The predicted octanol–water partition coefficient (Wildman–Crippen LogP) is 1.79. The number of hydrogen-bond acceptors (Lipinski definition) is 0. The van der Waals surface area contributed by atoms with E-state index in [1.54, 1.807) is 0 Å². The molecular weight excluding hydrogens is 432 g/mol. The van der Waals surface area contributed by atoms with E-state index in [-0.39, 0.29) is 17.1 Å². The Labute approximate surface area is 107 Å². The van der Waals surface area contributed by atoms with Crippen LogP contribution in [0, 0.1) is 0 Å². The van der Waals surface area contributed by atoms with E-state index < -0.39 is 0 Å². The summed E-state index contributed by atoms with van der Waals surface area (Å²) in [5, 5.41) is 0. The van der Waals surface area contributed by atoms with E-state index in [1.165, 1.54) is 32.4 Å². The molecule has 1 aliphatic rings. The van der Waals surface area contributed by atoms with Gasteiger partial charge in [0, 0.05) is 12.8 Å². The van der Waals surface area contributed by atoms with E-state index in [4.69, 9.17) is 0 Å². The van der Waals surface area contributed by atoms with Gasteiger partial charge in [0.1, 0.15) is 13.1 Å². The second kappa shape index (κ2) is 9.69. The quantitative estimate of drug-likeness (QED) is 0.191. The van der Waals surface area contributed by atoms with Gasteiger partial charge in [0.15, 0.2) is 0 Å². The van der Waals surface area contributed by atoms with E-state index in [1.807, 2.05) is 0 Å². The molecular formula is C6H13Br2NS2Sb+2. The van der Waals surface area contributed by atoms with Crippen LogP contribution in [0.3, 0.4) is 0 Å². The van der Waals surface area contributed by atoms with Crippen LogP contribution in [0.2, 0.25) is 0 Å². The predicted molar refractivity (Wildman–Crippen MR) is 71.6 cm³/mol. The van der Waals surface area contributed by atoms with Crippen molar-refractivity contribution >= 4 is 71.9 Å². The van der Waals surface area contributed by atoms with Gasteiger partial charge in [0.25, 0.3) is 0 Å². The van der Waals surface area contributed by atoms with Crippen molar-refractivity contribution in [3.8, 4) is 0 Å². The number of thiol groups is 1. The summed E-state index contributed by atoms with van der Waals surface area (Å²) < 4.78 is 3.23. The van der Waals surface area contributed by atoms with Gasteiger partial charge in [-0.15, -0.1) is 0 Å². The van der Waals surface area contributed by atoms with Crippen LogP contribution in [-0.2, 0) is 12.6 Å². The zero-order valence-corrected chi connectivity index (χ0v) is 14.3. The van der Waals surface area contributed by atoms with Crippen molar-refractivity contribution in [3.05, 3.63) is 0 Å². The average molecular weight is 445 g/mol. The normalized spacial score (nSPS) is 16.5. The zero-order chi connectivity index (χ0) is 9.40. The first-order valence-electron chi connectivity index (χ1n) is 3.67. The standard InChI is InChI=1S/C6H11NS2.2BrH.Sb/c8-6(9)7-4-2-1-3-5-7;;;/h1-5H2,(H,8,9);2*1H;/q;;;+2. The Bertz CT molecular complexity index is 142. The van der Waals surface area contributed by atoms with Crippen LogP contribution in [0.5, 0.6) is 0 Å². The number of halogens is 2. The molecule has 0 bridgehead atoms. The van der Waals surface area contributed by atoms with Gasteiger partial charge in [-0.3, -0.25) is 0 Å². The Morgan fingerprint density at radius 2 is 1.67 bits per heavy atom.